The number of nitrogens with zero attached hydrogens (tertiary/aromatic N) is 1. The van der Waals surface area contributed by atoms with Gasteiger partial charge in [-0.25, -0.2) is 4.39 Å². The van der Waals surface area contributed by atoms with Crippen molar-refractivity contribution in [2.45, 2.75) is 26.7 Å². The molecular formula is C20H22ClFN2O2. The molecule has 26 heavy (non-hydrogen) atoms. The number of benzene rings is 2. The molecule has 0 radical (unpaired) electrons. The van der Waals surface area contributed by atoms with E-state index < -0.39 is 0 Å². The van der Waals surface area contributed by atoms with Crippen molar-refractivity contribution in [1.29, 1.82) is 0 Å². The summed E-state index contributed by atoms with van der Waals surface area (Å²) < 4.78 is 13.7. The van der Waals surface area contributed by atoms with Gasteiger partial charge < -0.3 is 10.2 Å². The quantitative estimate of drug-likeness (QED) is 0.787. The molecule has 0 aromatic heterocycles. The van der Waals surface area contributed by atoms with Crippen LogP contribution in [-0.2, 0) is 16.0 Å². The average Bonchev–Trinajstić information content (AvgIpc) is 2.59. The largest absolute Gasteiger partial charge is 0.342 e. The lowest BCUT2D eigenvalue weighted by molar-refractivity contribution is -0.129. The van der Waals surface area contributed by atoms with Crippen molar-refractivity contribution in [3.8, 4) is 0 Å². The van der Waals surface area contributed by atoms with Crippen LogP contribution in [0, 0.1) is 12.7 Å². The molecule has 138 valence electrons. The van der Waals surface area contributed by atoms with Crippen LogP contribution in [0.1, 0.15) is 24.5 Å². The Balaban J connectivity index is 1.87. The molecule has 0 aliphatic carbocycles. The van der Waals surface area contributed by atoms with Crippen LogP contribution in [0.4, 0.5) is 10.1 Å². The third-order valence-electron chi connectivity index (χ3n) is 4.12. The molecule has 2 aromatic carbocycles. The molecule has 0 atom stereocenters. The van der Waals surface area contributed by atoms with Crippen LogP contribution in [-0.4, -0.2) is 29.8 Å². The second-order valence-corrected chi connectivity index (χ2v) is 6.52. The number of hydrogen-bond donors (Lipinski definition) is 1. The fourth-order valence-electron chi connectivity index (χ4n) is 2.51. The van der Waals surface area contributed by atoms with E-state index in [1.54, 1.807) is 35.2 Å². The Morgan fingerprint density at radius 2 is 1.88 bits per heavy atom. The third kappa shape index (κ3) is 5.85. The van der Waals surface area contributed by atoms with Gasteiger partial charge in [0.1, 0.15) is 5.82 Å². The minimum absolute atomic E-state index is 0.146. The van der Waals surface area contributed by atoms with Crippen molar-refractivity contribution in [2.24, 2.45) is 0 Å². The maximum atomic E-state index is 13.7. The Morgan fingerprint density at radius 1 is 1.15 bits per heavy atom. The zero-order valence-electron chi connectivity index (χ0n) is 14.9. The number of carbonyl (C=O) groups is 2. The Bertz CT molecular complexity index is 795. The Morgan fingerprint density at radius 3 is 2.54 bits per heavy atom. The van der Waals surface area contributed by atoms with E-state index in [-0.39, 0.29) is 30.6 Å². The third-order valence-corrected chi connectivity index (χ3v) is 4.53. The molecule has 0 fully saturated rings. The van der Waals surface area contributed by atoms with Gasteiger partial charge in [-0.15, -0.1) is 0 Å². The molecule has 4 nitrogen and oxygen atoms in total. The van der Waals surface area contributed by atoms with Crippen LogP contribution < -0.4 is 5.32 Å². The first kappa shape index (κ1) is 19.9. The predicted octanol–water partition coefficient (Wildman–Crippen LogP) is 4.21. The monoisotopic (exact) mass is 376 g/mol. The molecule has 0 saturated heterocycles. The normalized spacial score (nSPS) is 10.5. The minimum Gasteiger partial charge on any atom is -0.342 e. The summed E-state index contributed by atoms with van der Waals surface area (Å²) in [6.45, 7) is 3.96. The van der Waals surface area contributed by atoms with Gasteiger partial charge in [0, 0.05) is 37.1 Å². The van der Waals surface area contributed by atoms with E-state index in [0.717, 1.165) is 5.56 Å². The molecule has 0 aliphatic rings. The van der Waals surface area contributed by atoms with Gasteiger partial charge in [-0.2, -0.15) is 0 Å². The second-order valence-electron chi connectivity index (χ2n) is 6.11. The highest BCUT2D eigenvalue weighted by molar-refractivity contribution is 6.31. The van der Waals surface area contributed by atoms with Crippen molar-refractivity contribution in [1.82, 2.24) is 4.90 Å². The number of nitrogens with one attached hydrogen (secondary N) is 1. The highest BCUT2D eigenvalue weighted by Gasteiger charge is 2.13. The first-order valence-electron chi connectivity index (χ1n) is 8.41. The highest BCUT2D eigenvalue weighted by atomic mass is 35.5. The van der Waals surface area contributed by atoms with E-state index in [1.165, 1.54) is 13.0 Å². The summed E-state index contributed by atoms with van der Waals surface area (Å²) in [4.78, 5) is 25.4. The summed E-state index contributed by atoms with van der Waals surface area (Å²) in [5, 5.41) is 3.35. The van der Waals surface area contributed by atoms with E-state index in [4.69, 9.17) is 11.6 Å². The maximum Gasteiger partial charge on any atom is 0.226 e. The molecule has 0 unspecified atom stereocenters. The SMILES string of the molecule is CC(=O)N(CCC(=O)Nc1ccc(C)c(Cl)c1)CCc1ccccc1F. The zero-order valence-corrected chi connectivity index (χ0v) is 15.6. The lowest BCUT2D eigenvalue weighted by Gasteiger charge is -2.21. The van der Waals surface area contributed by atoms with Crippen molar-refractivity contribution in [3.05, 3.63) is 64.4 Å². The van der Waals surface area contributed by atoms with Crippen LogP contribution in [0.2, 0.25) is 5.02 Å². The van der Waals surface area contributed by atoms with Gasteiger partial charge >= 0.3 is 0 Å². The van der Waals surface area contributed by atoms with E-state index in [1.807, 2.05) is 13.0 Å². The fourth-order valence-corrected chi connectivity index (χ4v) is 2.69. The topological polar surface area (TPSA) is 49.4 Å². The Kier molecular flexibility index (Phi) is 7.16. The van der Waals surface area contributed by atoms with Gasteiger partial charge in [-0.3, -0.25) is 9.59 Å². The van der Waals surface area contributed by atoms with Gasteiger partial charge in [0.25, 0.3) is 0 Å². The summed E-state index contributed by atoms with van der Waals surface area (Å²) in [5.41, 5.74) is 2.10. The molecule has 0 saturated carbocycles. The molecule has 2 rings (SSSR count). The number of anilines is 1. The lowest BCUT2D eigenvalue weighted by Crippen LogP contribution is -2.33. The Labute approximate surface area is 158 Å². The summed E-state index contributed by atoms with van der Waals surface area (Å²) in [6.07, 6.45) is 0.559. The van der Waals surface area contributed by atoms with E-state index in [9.17, 15) is 14.0 Å². The van der Waals surface area contributed by atoms with Gasteiger partial charge in [0.15, 0.2) is 0 Å². The van der Waals surface area contributed by atoms with E-state index in [0.29, 0.717) is 29.2 Å². The average molecular weight is 377 g/mol. The molecule has 0 heterocycles. The van der Waals surface area contributed by atoms with Crippen molar-refractivity contribution < 1.29 is 14.0 Å². The summed E-state index contributed by atoms with van der Waals surface area (Å²) in [5.74, 6) is -0.639. The summed E-state index contributed by atoms with van der Waals surface area (Å²) in [6, 6.07) is 11.8. The van der Waals surface area contributed by atoms with Crippen LogP contribution in [0.25, 0.3) is 0 Å². The second kappa shape index (κ2) is 9.34. The summed E-state index contributed by atoms with van der Waals surface area (Å²) >= 11 is 6.04. The van der Waals surface area contributed by atoms with Crippen LogP contribution in [0.5, 0.6) is 0 Å². The zero-order chi connectivity index (χ0) is 19.1. The first-order valence-corrected chi connectivity index (χ1v) is 8.79. The highest BCUT2D eigenvalue weighted by Crippen LogP contribution is 2.20. The van der Waals surface area contributed by atoms with Gasteiger partial charge in [-0.1, -0.05) is 35.9 Å². The minimum atomic E-state index is -0.287. The van der Waals surface area contributed by atoms with E-state index in [2.05, 4.69) is 5.32 Å². The fraction of sp³-hybridized carbons (Fsp3) is 0.300. The number of carbonyl (C=O) groups excluding carboxylic acids is 2. The number of hydrogen-bond acceptors (Lipinski definition) is 2. The molecule has 1 N–H and O–H groups in total. The van der Waals surface area contributed by atoms with Gasteiger partial charge in [0.2, 0.25) is 11.8 Å². The lowest BCUT2D eigenvalue weighted by atomic mass is 10.1. The number of amides is 2. The van der Waals surface area contributed by atoms with Crippen LogP contribution >= 0.6 is 11.6 Å². The Hall–Kier alpha value is -2.40. The number of halogens is 2. The summed E-state index contributed by atoms with van der Waals surface area (Å²) in [7, 11) is 0. The maximum absolute atomic E-state index is 13.7. The van der Waals surface area contributed by atoms with Gasteiger partial charge in [-0.05, 0) is 42.7 Å². The van der Waals surface area contributed by atoms with Crippen LogP contribution in [0.15, 0.2) is 42.5 Å². The molecule has 6 heteroatoms. The van der Waals surface area contributed by atoms with Crippen molar-refractivity contribution >= 4 is 29.1 Å². The number of rotatable bonds is 7. The van der Waals surface area contributed by atoms with E-state index >= 15 is 0 Å². The first-order chi connectivity index (χ1) is 12.4. The molecule has 0 bridgehead atoms. The van der Waals surface area contributed by atoms with Gasteiger partial charge in [0.05, 0.1) is 0 Å². The molecule has 0 aliphatic heterocycles. The molecule has 2 amide bonds. The smallest absolute Gasteiger partial charge is 0.226 e. The van der Waals surface area contributed by atoms with Crippen LogP contribution in [0.3, 0.4) is 0 Å². The predicted molar refractivity (Wildman–Crippen MR) is 102 cm³/mol. The van der Waals surface area contributed by atoms with Crippen molar-refractivity contribution in [2.75, 3.05) is 18.4 Å². The number of aryl methyl sites for hydroxylation is 1. The molecule has 2 aromatic rings. The molecule has 0 spiro atoms. The molecular weight excluding hydrogens is 355 g/mol. The van der Waals surface area contributed by atoms with Crippen molar-refractivity contribution in [3.63, 3.8) is 0 Å². The standard InChI is InChI=1S/C20H22ClFN2O2/c1-14-7-8-17(13-18(14)21)23-20(26)10-12-24(15(2)25)11-9-16-5-3-4-6-19(16)22/h3-8,13H,9-12H2,1-2H3,(H,23,26).